The third kappa shape index (κ3) is 3.36. The molecule has 3 heterocycles. The lowest BCUT2D eigenvalue weighted by atomic mass is 9.85. The maximum Gasteiger partial charge on any atom is 0.248 e. The molecule has 2 fully saturated rings. The molecule has 5 nitrogen and oxygen atoms in total. The lowest BCUT2D eigenvalue weighted by Gasteiger charge is -2.29. The molecule has 5 rings (SSSR count). The first-order valence-corrected chi connectivity index (χ1v) is 10.8. The summed E-state index contributed by atoms with van der Waals surface area (Å²) in [4.78, 5) is 32.7. The van der Waals surface area contributed by atoms with Crippen LogP contribution in [0.2, 0.25) is 5.02 Å². The number of rotatable bonds is 3. The fourth-order valence-electron chi connectivity index (χ4n) is 4.03. The summed E-state index contributed by atoms with van der Waals surface area (Å²) >= 11 is 7.35. The molecule has 3 atom stereocenters. The topological polar surface area (TPSA) is 62.9 Å². The molecule has 2 aliphatic heterocycles. The molecule has 0 saturated carbocycles. The second-order valence-electron chi connectivity index (χ2n) is 7.22. The van der Waals surface area contributed by atoms with Gasteiger partial charge in [0.1, 0.15) is 11.0 Å². The molecule has 30 heavy (non-hydrogen) atoms. The number of thioether (sulfide) groups is 1. The zero-order valence-electron chi connectivity index (χ0n) is 15.8. The highest BCUT2D eigenvalue weighted by atomic mass is 35.5. The van der Waals surface area contributed by atoms with Crippen LogP contribution in [0.15, 0.2) is 82.4 Å². The predicted octanol–water partition coefficient (Wildman–Crippen LogP) is 5.44. The number of halogens is 1. The van der Waals surface area contributed by atoms with Crippen molar-refractivity contribution in [1.82, 2.24) is 0 Å². The van der Waals surface area contributed by atoms with Crippen molar-refractivity contribution in [1.29, 1.82) is 0 Å². The average molecular weight is 437 g/mol. The van der Waals surface area contributed by atoms with Gasteiger partial charge in [-0.05, 0) is 48.5 Å². The summed E-state index contributed by atoms with van der Waals surface area (Å²) in [6.07, 6.45) is 2.13. The van der Waals surface area contributed by atoms with E-state index >= 15 is 0 Å². The first-order valence-electron chi connectivity index (χ1n) is 9.58. The number of carbonyl (C=O) groups is 2. The predicted molar refractivity (Wildman–Crippen MR) is 118 cm³/mol. The van der Waals surface area contributed by atoms with Crippen LogP contribution in [0.5, 0.6) is 0 Å². The Hall–Kier alpha value is -2.83. The van der Waals surface area contributed by atoms with Crippen LogP contribution < -0.4 is 4.90 Å². The maximum absolute atomic E-state index is 13.4. The van der Waals surface area contributed by atoms with Gasteiger partial charge in [-0.3, -0.25) is 9.59 Å². The van der Waals surface area contributed by atoms with E-state index in [-0.39, 0.29) is 17.7 Å². The Morgan fingerprint density at radius 2 is 1.73 bits per heavy atom. The fourth-order valence-corrected chi connectivity index (χ4v) is 5.54. The van der Waals surface area contributed by atoms with E-state index in [1.807, 2.05) is 36.4 Å². The summed E-state index contributed by atoms with van der Waals surface area (Å²) in [6, 6.07) is 20.0. The van der Waals surface area contributed by atoms with Gasteiger partial charge in [0.2, 0.25) is 11.8 Å². The summed E-state index contributed by atoms with van der Waals surface area (Å²) in [5.74, 6) is -0.428. The van der Waals surface area contributed by atoms with Crippen LogP contribution in [-0.2, 0) is 9.59 Å². The summed E-state index contributed by atoms with van der Waals surface area (Å²) in [5, 5.41) is 0.905. The first kappa shape index (κ1) is 19.2. The van der Waals surface area contributed by atoms with E-state index in [2.05, 4.69) is 0 Å². The number of benzene rings is 2. The molecule has 0 aliphatic carbocycles. The average Bonchev–Trinajstić information content (AvgIpc) is 3.38. The van der Waals surface area contributed by atoms with Gasteiger partial charge in [-0.1, -0.05) is 41.6 Å². The van der Waals surface area contributed by atoms with E-state index in [0.29, 0.717) is 22.9 Å². The largest absolute Gasteiger partial charge is 0.469 e. The van der Waals surface area contributed by atoms with Crippen LogP contribution in [0.1, 0.15) is 18.1 Å². The van der Waals surface area contributed by atoms with Gasteiger partial charge in [-0.2, -0.15) is 0 Å². The lowest BCUT2D eigenvalue weighted by molar-refractivity contribution is -0.122. The molecule has 0 spiro atoms. The molecule has 0 N–H and O–H groups in total. The molecular weight excluding hydrogens is 420 g/mol. The number of furan rings is 1. The summed E-state index contributed by atoms with van der Waals surface area (Å²) in [7, 11) is 0. The third-order valence-electron chi connectivity index (χ3n) is 5.39. The molecule has 1 aromatic heterocycles. The summed E-state index contributed by atoms with van der Waals surface area (Å²) in [5.41, 5.74) is 1.35. The van der Waals surface area contributed by atoms with Crippen molar-refractivity contribution in [3.63, 3.8) is 0 Å². The van der Waals surface area contributed by atoms with E-state index in [1.54, 1.807) is 36.6 Å². The smallest absolute Gasteiger partial charge is 0.248 e. The SMILES string of the molecule is O=C1C2SC(=Nc3ccc(Cl)cc3)CC(c3ccco3)C2C(=O)N1c1ccccc1. The van der Waals surface area contributed by atoms with E-state index in [1.165, 1.54) is 16.7 Å². The molecule has 2 aromatic carbocycles. The van der Waals surface area contributed by atoms with E-state index in [0.717, 1.165) is 10.7 Å². The quantitative estimate of drug-likeness (QED) is 0.513. The Bertz CT molecular complexity index is 1110. The van der Waals surface area contributed by atoms with Crippen LogP contribution in [0, 0.1) is 5.92 Å². The third-order valence-corrected chi connectivity index (χ3v) is 6.92. The van der Waals surface area contributed by atoms with Crippen molar-refractivity contribution >= 4 is 51.6 Å². The number of para-hydroxylation sites is 1. The van der Waals surface area contributed by atoms with Crippen LogP contribution in [0.3, 0.4) is 0 Å². The Labute approximate surface area is 182 Å². The minimum Gasteiger partial charge on any atom is -0.469 e. The van der Waals surface area contributed by atoms with Crippen molar-refractivity contribution in [3.05, 3.63) is 83.8 Å². The van der Waals surface area contributed by atoms with Gasteiger partial charge in [0.15, 0.2) is 0 Å². The Morgan fingerprint density at radius 1 is 0.967 bits per heavy atom. The van der Waals surface area contributed by atoms with Gasteiger partial charge in [-0.25, -0.2) is 9.89 Å². The number of hydrogen-bond acceptors (Lipinski definition) is 5. The molecule has 0 radical (unpaired) electrons. The number of anilines is 1. The first-order chi connectivity index (χ1) is 14.6. The zero-order valence-corrected chi connectivity index (χ0v) is 17.3. The van der Waals surface area contributed by atoms with Crippen molar-refractivity contribution in [3.8, 4) is 0 Å². The summed E-state index contributed by atoms with van der Waals surface area (Å²) in [6.45, 7) is 0. The molecule has 7 heteroatoms. The van der Waals surface area contributed by atoms with E-state index < -0.39 is 11.2 Å². The second kappa shape index (κ2) is 7.78. The number of imide groups is 1. The van der Waals surface area contributed by atoms with Gasteiger partial charge in [0, 0.05) is 17.4 Å². The van der Waals surface area contributed by atoms with Crippen molar-refractivity contribution < 1.29 is 14.0 Å². The van der Waals surface area contributed by atoms with Crippen molar-refractivity contribution in [2.45, 2.75) is 17.6 Å². The van der Waals surface area contributed by atoms with Crippen LogP contribution in [0.25, 0.3) is 0 Å². The Morgan fingerprint density at radius 3 is 2.43 bits per heavy atom. The monoisotopic (exact) mass is 436 g/mol. The van der Waals surface area contributed by atoms with Gasteiger partial charge < -0.3 is 4.42 Å². The second-order valence-corrected chi connectivity index (χ2v) is 8.87. The Kier molecular flexibility index (Phi) is 4.97. The fraction of sp³-hybridized carbons (Fsp3) is 0.174. The highest BCUT2D eigenvalue weighted by Gasteiger charge is 2.55. The number of nitrogens with zero attached hydrogens (tertiary/aromatic N) is 2. The number of amides is 2. The number of hydrogen-bond donors (Lipinski definition) is 0. The molecule has 3 unspecified atom stereocenters. The standard InChI is InChI=1S/C23H17ClN2O3S/c24-14-8-10-15(11-9-14)25-19-13-17(18-7-4-12-29-18)20-21(30-19)23(28)26(22(20)27)16-5-2-1-3-6-16/h1-12,17,20-21H,13H2. The van der Waals surface area contributed by atoms with E-state index in [4.69, 9.17) is 21.0 Å². The number of aliphatic imine (C=N–C) groups is 1. The molecule has 2 saturated heterocycles. The zero-order chi connectivity index (χ0) is 20.7. The highest BCUT2D eigenvalue weighted by Crippen LogP contribution is 2.49. The normalized spacial score (nSPS) is 25.0. The van der Waals surface area contributed by atoms with Gasteiger partial charge in [0.25, 0.3) is 0 Å². The number of carbonyl (C=O) groups excluding carboxylic acids is 2. The highest BCUT2D eigenvalue weighted by molar-refractivity contribution is 8.15. The molecule has 2 aliphatic rings. The molecule has 150 valence electrons. The molecule has 0 bridgehead atoms. The summed E-state index contributed by atoms with van der Waals surface area (Å²) < 4.78 is 5.66. The molecular formula is C23H17ClN2O3S. The van der Waals surface area contributed by atoms with Crippen LogP contribution in [0.4, 0.5) is 11.4 Å². The Balaban J connectivity index is 1.54. The van der Waals surface area contributed by atoms with Crippen LogP contribution >= 0.6 is 23.4 Å². The van der Waals surface area contributed by atoms with Crippen molar-refractivity contribution in [2.24, 2.45) is 10.9 Å². The maximum atomic E-state index is 13.4. The minimum atomic E-state index is -0.535. The van der Waals surface area contributed by atoms with Gasteiger partial charge >= 0.3 is 0 Å². The molecule has 3 aromatic rings. The number of fused-ring (bicyclic) bond motifs is 1. The minimum absolute atomic E-state index is 0.185. The van der Waals surface area contributed by atoms with Crippen LogP contribution in [-0.4, -0.2) is 22.1 Å². The van der Waals surface area contributed by atoms with Crippen molar-refractivity contribution in [2.75, 3.05) is 4.90 Å². The van der Waals surface area contributed by atoms with Gasteiger partial charge in [-0.15, -0.1) is 0 Å². The van der Waals surface area contributed by atoms with E-state index in [9.17, 15) is 9.59 Å². The van der Waals surface area contributed by atoms with Gasteiger partial charge in [0.05, 0.1) is 28.6 Å². The molecule has 2 amide bonds. The lowest BCUT2D eigenvalue weighted by Crippen LogP contribution is -2.33.